The highest BCUT2D eigenvalue weighted by Crippen LogP contribution is 2.25. The monoisotopic (exact) mass is 374 g/mol. The van der Waals surface area contributed by atoms with E-state index in [2.05, 4.69) is 15.7 Å². The topological polar surface area (TPSA) is 76.0 Å². The molecule has 1 fully saturated rings. The van der Waals surface area contributed by atoms with Gasteiger partial charge in [0.2, 0.25) is 5.91 Å². The van der Waals surface area contributed by atoms with Crippen LogP contribution in [0.1, 0.15) is 48.2 Å². The smallest absolute Gasteiger partial charge is 0.272 e. The second-order valence-electron chi connectivity index (χ2n) is 6.64. The molecule has 138 valence electrons. The van der Waals surface area contributed by atoms with Crippen LogP contribution in [0.2, 0.25) is 5.02 Å². The number of anilines is 1. The van der Waals surface area contributed by atoms with E-state index in [9.17, 15) is 9.59 Å². The molecule has 26 heavy (non-hydrogen) atoms. The van der Waals surface area contributed by atoms with Crippen LogP contribution in [0.3, 0.4) is 0 Å². The maximum absolute atomic E-state index is 12.4. The number of rotatable bonds is 5. The summed E-state index contributed by atoms with van der Waals surface area (Å²) >= 11 is 6.10. The van der Waals surface area contributed by atoms with Gasteiger partial charge in [0.25, 0.3) is 5.91 Å². The molecule has 1 aromatic heterocycles. The SMILES string of the molecule is Cn1nc(C(=O)NCc2ccccc2Cl)cc1NC(=O)C1CCCCC1. The van der Waals surface area contributed by atoms with Gasteiger partial charge in [-0.15, -0.1) is 0 Å². The van der Waals surface area contributed by atoms with Crippen molar-refractivity contribution in [1.29, 1.82) is 0 Å². The normalized spacial score (nSPS) is 14.8. The number of carbonyl (C=O) groups excluding carboxylic acids is 2. The highest BCUT2D eigenvalue weighted by atomic mass is 35.5. The standard InChI is InChI=1S/C19H23ClN4O2/c1-24-17(22-18(25)13-7-3-2-4-8-13)11-16(23-24)19(26)21-12-14-9-5-6-10-15(14)20/h5-6,9-11,13H,2-4,7-8,12H2,1H3,(H,21,26)(H,22,25). The van der Waals surface area contributed by atoms with Crippen molar-refractivity contribution in [1.82, 2.24) is 15.1 Å². The fourth-order valence-corrected chi connectivity index (χ4v) is 3.40. The fourth-order valence-electron chi connectivity index (χ4n) is 3.20. The fraction of sp³-hybridized carbons (Fsp3) is 0.421. The quantitative estimate of drug-likeness (QED) is 0.840. The molecule has 6 nitrogen and oxygen atoms in total. The van der Waals surface area contributed by atoms with Crippen LogP contribution in [0.25, 0.3) is 0 Å². The lowest BCUT2D eigenvalue weighted by Crippen LogP contribution is -2.25. The minimum absolute atomic E-state index is 0.00993. The molecule has 1 saturated carbocycles. The summed E-state index contributed by atoms with van der Waals surface area (Å²) in [6.45, 7) is 0.318. The molecule has 0 atom stereocenters. The molecule has 1 aliphatic rings. The second kappa shape index (κ2) is 8.36. The first kappa shape index (κ1) is 18.5. The zero-order valence-electron chi connectivity index (χ0n) is 14.8. The van der Waals surface area contributed by atoms with Crippen LogP contribution < -0.4 is 10.6 Å². The Morgan fingerprint density at radius 3 is 2.69 bits per heavy atom. The van der Waals surface area contributed by atoms with Crippen LogP contribution in [0.5, 0.6) is 0 Å². The van der Waals surface area contributed by atoms with Crippen molar-refractivity contribution >= 4 is 29.2 Å². The Hall–Kier alpha value is -2.34. The lowest BCUT2D eigenvalue weighted by Gasteiger charge is -2.20. The highest BCUT2D eigenvalue weighted by Gasteiger charge is 2.22. The van der Waals surface area contributed by atoms with Gasteiger partial charge >= 0.3 is 0 Å². The molecule has 0 unspecified atom stereocenters. The summed E-state index contributed by atoms with van der Waals surface area (Å²) in [6.07, 6.45) is 5.24. The van der Waals surface area contributed by atoms with Gasteiger partial charge in [0.1, 0.15) is 5.82 Å². The Bertz CT molecular complexity index is 797. The number of nitrogens with one attached hydrogen (secondary N) is 2. The summed E-state index contributed by atoms with van der Waals surface area (Å²) in [6, 6.07) is 8.95. The molecule has 2 amide bonds. The van der Waals surface area contributed by atoms with E-state index >= 15 is 0 Å². The summed E-state index contributed by atoms with van der Waals surface area (Å²) in [5, 5.41) is 10.5. The Labute approximate surface area is 157 Å². The van der Waals surface area contributed by atoms with Crippen LogP contribution >= 0.6 is 11.6 Å². The molecule has 1 aliphatic carbocycles. The van der Waals surface area contributed by atoms with E-state index in [0.717, 1.165) is 31.2 Å². The number of amides is 2. The van der Waals surface area contributed by atoms with Gasteiger partial charge in [-0.1, -0.05) is 49.1 Å². The van der Waals surface area contributed by atoms with Gasteiger partial charge in [0.05, 0.1) is 0 Å². The van der Waals surface area contributed by atoms with Crippen molar-refractivity contribution in [2.24, 2.45) is 13.0 Å². The first-order valence-corrected chi connectivity index (χ1v) is 9.29. The van der Waals surface area contributed by atoms with E-state index in [1.54, 1.807) is 19.2 Å². The largest absolute Gasteiger partial charge is 0.347 e. The van der Waals surface area contributed by atoms with Crippen LogP contribution in [0.15, 0.2) is 30.3 Å². The van der Waals surface area contributed by atoms with Crippen LogP contribution in [-0.4, -0.2) is 21.6 Å². The Kier molecular flexibility index (Phi) is 5.93. The molecule has 2 aromatic rings. The van der Waals surface area contributed by atoms with Crippen LogP contribution in [0, 0.1) is 5.92 Å². The number of halogens is 1. The molecule has 0 radical (unpaired) electrons. The number of aromatic nitrogens is 2. The third kappa shape index (κ3) is 4.43. The third-order valence-electron chi connectivity index (χ3n) is 4.74. The Morgan fingerprint density at radius 1 is 1.23 bits per heavy atom. The van der Waals surface area contributed by atoms with Gasteiger partial charge in [-0.3, -0.25) is 14.3 Å². The maximum Gasteiger partial charge on any atom is 0.272 e. The van der Waals surface area contributed by atoms with Crippen molar-refractivity contribution in [3.8, 4) is 0 Å². The summed E-state index contributed by atoms with van der Waals surface area (Å²) in [5.74, 6) is 0.286. The zero-order chi connectivity index (χ0) is 18.5. The number of hydrogen-bond donors (Lipinski definition) is 2. The second-order valence-corrected chi connectivity index (χ2v) is 7.04. The van der Waals surface area contributed by atoms with Crippen molar-refractivity contribution in [3.63, 3.8) is 0 Å². The third-order valence-corrected chi connectivity index (χ3v) is 5.11. The molecule has 1 aromatic carbocycles. The average Bonchev–Trinajstić information content (AvgIpc) is 3.02. The lowest BCUT2D eigenvalue weighted by molar-refractivity contribution is -0.120. The minimum atomic E-state index is -0.307. The molecule has 1 heterocycles. The van der Waals surface area contributed by atoms with Crippen molar-refractivity contribution in [3.05, 3.63) is 46.6 Å². The molecule has 0 spiro atoms. The Balaban J connectivity index is 1.60. The van der Waals surface area contributed by atoms with Crippen LogP contribution in [0.4, 0.5) is 5.82 Å². The predicted octanol–water partition coefficient (Wildman–Crippen LogP) is 3.52. The van der Waals surface area contributed by atoms with Gasteiger partial charge in [0, 0.05) is 30.6 Å². The molecule has 0 aliphatic heterocycles. The zero-order valence-corrected chi connectivity index (χ0v) is 15.6. The number of carbonyl (C=O) groups is 2. The maximum atomic E-state index is 12.4. The first-order chi connectivity index (χ1) is 12.5. The van der Waals surface area contributed by atoms with E-state index in [1.807, 2.05) is 18.2 Å². The van der Waals surface area contributed by atoms with Crippen molar-refractivity contribution in [2.75, 3.05) is 5.32 Å². The molecule has 7 heteroatoms. The summed E-state index contributed by atoms with van der Waals surface area (Å²) in [5.41, 5.74) is 1.10. The molecule has 2 N–H and O–H groups in total. The summed E-state index contributed by atoms with van der Waals surface area (Å²) < 4.78 is 1.52. The molecular formula is C19H23ClN4O2. The predicted molar refractivity (Wildman–Crippen MR) is 101 cm³/mol. The van der Waals surface area contributed by atoms with E-state index in [1.165, 1.54) is 11.1 Å². The Morgan fingerprint density at radius 2 is 1.96 bits per heavy atom. The highest BCUT2D eigenvalue weighted by molar-refractivity contribution is 6.31. The van der Waals surface area contributed by atoms with Crippen LogP contribution in [-0.2, 0) is 18.4 Å². The molecular weight excluding hydrogens is 352 g/mol. The number of aryl methyl sites for hydroxylation is 1. The lowest BCUT2D eigenvalue weighted by atomic mass is 9.89. The minimum Gasteiger partial charge on any atom is -0.347 e. The first-order valence-electron chi connectivity index (χ1n) is 8.91. The summed E-state index contributed by atoms with van der Waals surface area (Å²) in [7, 11) is 1.71. The van der Waals surface area contributed by atoms with Gasteiger partial charge < -0.3 is 10.6 Å². The van der Waals surface area contributed by atoms with Crippen molar-refractivity contribution in [2.45, 2.75) is 38.6 Å². The van der Waals surface area contributed by atoms with E-state index in [0.29, 0.717) is 17.4 Å². The van der Waals surface area contributed by atoms with Crippen molar-refractivity contribution < 1.29 is 9.59 Å². The van der Waals surface area contributed by atoms with Gasteiger partial charge in [0.15, 0.2) is 5.69 Å². The van der Waals surface area contributed by atoms with E-state index < -0.39 is 0 Å². The summed E-state index contributed by atoms with van der Waals surface area (Å²) in [4.78, 5) is 24.7. The number of benzene rings is 1. The molecule has 0 saturated heterocycles. The van der Waals surface area contributed by atoms with Gasteiger partial charge in [-0.25, -0.2) is 0 Å². The van der Waals surface area contributed by atoms with E-state index in [4.69, 9.17) is 11.6 Å². The molecule has 0 bridgehead atoms. The van der Waals surface area contributed by atoms with E-state index in [-0.39, 0.29) is 23.4 Å². The van der Waals surface area contributed by atoms with Gasteiger partial charge in [-0.05, 0) is 24.5 Å². The molecule has 3 rings (SSSR count). The number of hydrogen-bond acceptors (Lipinski definition) is 3. The van der Waals surface area contributed by atoms with Gasteiger partial charge in [-0.2, -0.15) is 5.10 Å². The number of nitrogens with zero attached hydrogens (tertiary/aromatic N) is 2. The average molecular weight is 375 g/mol.